The van der Waals surface area contributed by atoms with Crippen LogP contribution in [0.1, 0.15) is 37.9 Å². The summed E-state index contributed by atoms with van der Waals surface area (Å²) < 4.78 is 2.03. The lowest BCUT2D eigenvalue weighted by molar-refractivity contribution is 0.419. The van der Waals surface area contributed by atoms with Gasteiger partial charge in [-0.25, -0.2) is 4.68 Å². The SMILES string of the molecule is CC1(C)CCCc2cn(-c3ccccc3)nc21. The quantitative estimate of drug-likeness (QED) is 0.728. The van der Waals surface area contributed by atoms with Crippen molar-refractivity contribution in [1.29, 1.82) is 0 Å². The van der Waals surface area contributed by atoms with Gasteiger partial charge >= 0.3 is 0 Å². The number of aryl methyl sites for hydroxylation is 1. The van der Waals surface area contributed by atoms with Crippen LogP contribution in [0.2, 0.25) is 0 Å². The molecule has 88 valence electrons. The van der Waals surface area contributed by atoms with Gasteiger partial charge in [-0.1, -0.05) is 32.0 Å². The van der Waals surface area contributed by atoms with Crippen LogP contribution >= 0.6 is 0 Å². The molecular weight excluding hydrogens is 208 g/mol. The van der Waals surface area contributed by atoms with Gasteiger partial charge in [0.2, 0.25) is 0 Å². The monoisotopic (exact) mass is 226 g/mol. The van der Waals surface area contributed by atoms with Crippen LogP contribution in [0.25, 0.3) is 5.69 Å². The number of aromatic nitrogens is 2. The van der Waals surface area contributed by atoms with Gasteiger partial charge in [-0.2, -0.15) is 5.10 Å². The molecule has 0 bridgehead atoms. The summed E-state index contributed by atoms with van der Waals surface area (Å²) in [5, 5.41) is 4.79. The van der Waals surface area contributed by atoms with Crippen LogP contribution in [0.3, 0.4) is 0 Å². The van der Waals surface area contributed by atoms with E-state index in [4.69, 9.17) is 5.10 Å². The maximum atomic E-state index is 4.79. The van der Waals surface area contributed by atoms with Crippen LogP contribution in [-0.4, -0.2) is 9.78 Å². The Morgan fingerprint density at radius 3 is 2.65 bits per heavy atom. The predicted molar refractivity (Wildman–Crippen MR) is 69.5 cm³/mol. The highest BCUT2D eigenvalue weighted by molar-refractivity contribution is 5.35. The smallest absolute Gasteiger partial charge is 0.0717 e. The van der Waals surface area contributed by atoms with Crippen LogP contribution in [0, 0.1) is 0 Å². The highest BCUT2D eigenvalue weighted by Crippen LogP contribution is 2.35. The Kier molecular flexibility index (Phi) is 2.32. The molecule has 0 radical (unpaired) electrons. The summed E-state index contributed by atoms with van der Waals surface area (Å²) in [6, 6.07) is 10.4. The zero-order valence-corrected chi connectivity index (χ0v) is 10.5. The molecular formula is C15H18N2. The van der Waals surface area contributed by atoms with E-state index in [1.54, 1.807) is 0 Å². The van der Waals surface area contributed by atoms with E-state index in [1.807, 2.05) is 10.7 Å². The number of hydrogen-bond donors (Lipinski definition) is 0. The Morgan fingerprint density at radius 2 is 1.94 bits per heavy atom. The molecule has 0 atom stereocenters. The summed E-state index contributed by atoms with van der Waals surface area (Å²) in [4.78, 5) is 0. The van der Waals surface area contributed by atoms with Crippen molar-refractivity contribution in [3.63, 3.8) is 0 Å². The second-order valence-electron chi connectivity index (χ2n) is 5.52. The molecule has 1 aliphatic rings. The fourth-order valence-corrected chi connectivity index (χ4v) is 2.71. The van der Waals surface area contributed by atoms with Crippen LogP contribution in [0.5, 0.6) is 0 Å². The van der Waals surface area contributed by atoms with Crippen LogP contribution in [-0.2, 0) is 11.8 Å². The topological polar surface area (TPSA) is 17.8 Å². The highest BCUT2D eigenvalue weighted by atomic mass is 15.3. The van der Waals surface area contributed by atoms with Crippen LogP contribution < -0.4 is 0 Å². The fraction of sp³-hybridized carbons (Fsp3) is 0.400. The minimum atomic E-state index is 0.230. The number of fused-ring (bicyclic) bond motifs is 1. The highest BCUT2D eigenvalue weighted by Gasteiger charge is 2.30. The Morgan fingerprint density at radius 1 is 1.18 bits per heavy atom. The van der Waals surface area contributed by atoms with E-state index < -0.39 is 0 Å². The van der Waals surface area contributed by atoms with Gasteiger partial charge in [0.15, 0.2) is 0 Å². The summed E-state index contributed by atoms with van der Waals surface area (Å²) in [7, 11) is 0. The molecule has 1 aliphatic carbocycles. The van der Waals surface area contributed by atoms with Crippen molar-refractivity contribution in [2.75, 3.05) is 0 Å². The minimum absolute atomic E-state index is 0.230. The first-order valence-corrected chi connectivity index (χ1v) is 6.31. The molecule has 2 nitrogen and oxygen atoms in total. The van der Waals surface area contributed by atoms with Crippen LogP contribution in [0.15, 0.2) is 36.5 Å². The molecule has 0 N–H and O–H groups in total. The van der Waals surface area contributed by atoms with Gasteiger partial charge in [-0.05, 0) is 37.0 Å². The lowest BCUT2D eigenvalue weighted by Gasteiger charge is -2.27. The van der Waals surface area contributed by atoms with E-state index in [-0.39, 0.29) is 5.41 Å². The minimum Gasteiger partial charge on any atom is -0.240 e. The average Bonchev–Trinajstić information content (AvgIpc) is 2.75. The number of hydrogen-bond acceptors (Lipinski definition) is 1. The first-order valence-electron chi connectivity index (χ1n) is 6.31. The Balaban J connectivity index is 2.08. The summed E-state index contributed by atoms with van der Waals surface area (Å²) in [6.07, 6.45) is 5.89. The van der Waals surface area contributed by atoms with Crippen molar-refractivity contribution in [2.45, 2.75) is 38.5 Å². The zero-order valence-electron chi connectivity index (χ0n) is 10.5. The largest absolute Gasteiger partial charge is 0.240 e. The van der Waals surface area contributed by atoms with Crippen molar-refractivity contribution in [3.05, 3.63) is 47.8 Å². The molecule has 0 spiro atoms. The number of nitrogens with zero attached hydrogens (tertiary/aromatic N) is 2. The lowest BCUT2D eigenvalue weighted by atomic mass is 9.77. The van der Waals surface area contributed by atoms with Gasteiger partial charge in [0.1, 0.15) is 0 Å². The summed E-state index contributed by atoms with van der Waals surface area (Å²) in [5.41, 5.74) is 4.09. The van der Waals surface area contributed by atoms with Crippen molar-refractivity contribution < 1.29 is 0 Å². The lowest BCUT2D eigenvalue weighted by Crippen LogP contribution is -2.23. The van der Waals surface area contributed by atoms with Crippen molar-refractivity contribution >= 4 is 0 Å². The molecule has 0 amide bonds. The number of rotatable bonds is 1. The van der Waals surface area contributed by atoms with Gasteiger partial charge in [0.25, 0.3) is 0 Å². The summed E-state index contributed by atoms with van der Waals surface area (Å²) >= 11 is 0. The first kappa shape index (κ1) is 10.6. The summed E-state index contributed by atoms with van der Waals surface area (Å²) in [6.45, 7) is 4.60. The van der Waals surface area contributed by atoms with Gasteiger partial charge in [0.05, 0.1) is 11.4 Å². The third-order valence-electron chi connectivity index (χ3n) is 3.70. The molecule has 1 aromatic heterocycles. The van der Waals surface area contributed by atoms with E-state index in [2.05, 4.69) is 44.3 Å². The number of benzene rings is 1. The Hall–Kier alpha value is -1.57. The normalized spacial score (nSPS) is 17.8. The molecule has 2 aromatic rings. The van der Waals surface area contributed by atoms with Gasteiger partial charge < -0.3 is 0 Å². The molecule has 1 aromatic carbocycles. The average molecular weight is 226 g/mol. The molecule has 0 fully saturated rings. The third-order valence-corrected chi connectivity index (χ3v) is 3.70. The summed E-state index contributed by atoms with van der Waals surface area (Å²) in [5.74, 6) is 0. The van der Waals surface area contributed by atoms with Crippen LogP contribution in [0.4, 0.5) is 0 Å². The Bertz CT molecular complexity index is 523. The molecule has 0 saturated carbocycles. The van der Waals surface area contributed by atoms with Crippen molar-refractivity contribution in [2.24, 2.45) is 0 Å². The molecule has 0 unspecified atom stereocenters. The standard InChI is InChI=1S/C15H18N2/c1-15(2)10-6-7-12-11-17(16-14(12)15)13-8-4-3-5-9-13/h3-5,8-9,11H,6-7,10H2,1-2H3. The van der Waals surface area contributed by atoms with E-state index in [9.17, 15) is 0 Å². The number of para-hydroxylation sites is 1. The molecule has 2 heteroatoms. The van der Waals surface area contributed by atoms with Crippen molar-refractivity contribution in [3.8, 4) is 5.69 Å². The van der Waals surface area contributed by atoms with E-state index in [1.165, 1.54) is 30.5 Å². The van der Waals surface area contributed by atoms with E-state index in [0.717, 1.165) is 5.69 Å². The van der Waals surface area contributed by atoms with Crippen molar-refractivity contribution in [1.82, 2.24) is 9.78 Å². The van der Waals surface area contributed by atoms with Gasteiger partial charge in [-0.15, -0.1) is 0 Å². The maximum absolute atomic E-state index is 4.79. The second kappa shape index (κ2) is 3.73. The fourth-order valence-electron chi connectivity index (χ4n) is 2.71. The molecule has 0 aliphatic heterocycles. The molecule has 3 rings (SSSR count). The first-order chi connectivity index (χ1) is 8.17. The zero-order chi connectivity index (χ0) is 11.9. The molecule has 1 heterocycles. The molecule has 17 heavy (non-hydrogen) atoms. The maximum Gasteiger partial charge on any atom is 0.0717 e. The predicted octanol–water partition coefficient (Wildman–Crippen LogP) is 3.49. The van der Waals surface area contributed by atoms with Gasteiger partial charge in [-0.3, -0.25) is 0 Å². The second-order valence-corrected chi connectivity index (χ2v) is 5.52. The Labute approximate surface area is 102 Å². The molecule has 0 saturated heterocycles. The van der Waals surface area contributed by atoms with Gasteiger partial charge in [0, 0.05) is 11.6 Å². The van der Waals surface area contributed by atoms with E-state index in [0.29, 0.717) is 0 Å². The third kappa shape index (κ3) is 1.78. The van der Waals surface area contributed by atoms with E-state index >= 15 is 0 Å².